The van der Waals surface area contributed by atoms with Gasteiger partial charge in [0.25, 0.3) is 0 Å². The van der Waals surface area contributed by atoms with Crippen LogP contribution in [0.15, 0.2) is 0 Å². The molecule has 1 aliphatic heterocycles. The molecule has 0 aromatic heterocycles. The Labute approximate surface area is 84.9 Å². The maximum absolute atomic E-state index is 11.0. The van der Waals surface area contributed by atoms with Crippen LogP contribution in [0.25, 0.3) is 0 Å². The van der Waals surface area contributed by atoms with Gasteiger partial charge < -0.3 is 5.32 Å². The summed E-state index contributed by atoms with van der Waals surface area (Å²) in [6.45, 7) is 3.10. The fraction of sp³-hybridized carbons (Fsp3) is 0.900. The van der Waals surface area contributed by atoms with E-state index in [2.05, 4.69) is 12.2 Å². The SMILES string of the molecule is CCCCSC1CCNC(=O)CC1. The van der Waals surface area contributed by atoms with E-state index in [1.165, 1.54) is 18.6 Å². The van der Waals surface area contributed by atoms with Crippen molar-refractivity contribution >= 4 is 17.7 Å². The van der Waals surface area contributed by atoms with Crippen molar-refractivity contribution in [2.45, 2.75) is 44.3 Å². The number of hydrogen-bond donors (Lipinski definition) is 1. The average Bonchev–Trinajstić information content (AvgIpc) is 2.32. The van der Waals surface area contributed by atoms with Gasteiger partial charge in [-0.1, -0.05) is 13.3 Å². The van der Waals surface area contributed by atoms with Gasteiger partial charge in [0, 0.05) is 18.2 Å². The van der Waals surface area contributed by atoms with Crippen molar-refractivity contribution in [3.8, 4) is 0 Å². The molecule has 0 radical (unpaired) electrons. The van der Waals surface area contributed by atoms with Gasteiger partial charge in [-0.05, 0) is 25.0 Å². The second-order valence-electron chi connectivity index (χ2n) is 3.52. The summed E-state index contributed by atoms with van der Waals surface area (Å²) in [4.78, 5) is 11.0. The molecule has 1 N–H and O–H groups in total. The Morgan fingerprint density at radius 3 is 3.15 bits per heavy atom. The van der Waals surface area contributed by atoms with E-state index < -0.39 is 0 Å². The third kappa shape index (κ3) is 4.55. The smallest absolute Gasteiger partial charge is 0.220 e. The zero-order valence-electron chi connectivity index (χ0n) is 8.34. The fourth-order valence-corrected chi connectivity index (χ4v) is 2.82. The molecule has 1 rings (SSSR count). The highest BCUT2D eigenvalue weighted by Gasteiger charge is 2.15. The Morgan fingerprint density at radius 2 is 2.38 bits per heavy atom. The lowest BCUT2D eigenvalue weighted by atomic mass is 10.2. The van der Waals surface area contributed by atoms with E-state index in [0.29, 0.717) is 5.25 Å². The first kappa shape index (κ1) is 10.9. The second kappa shape index (κ2) is 6.30. The topological polar surface area (TPSA) is 29.1 Å². The normalized spacial score (nSPS) is 23.8. The van der Waals surface area contributed by atoms with Crippen LogP contribution in [-0.4, -0.2) is 23.5 Å². The van der Waals surface area contributed by atoms with Gasteiger partial charge in [-0.15, -0.1) is 0 Å². The van der Waals surface area contributed by atoms with E-state index in [1.807, 2.05) is 11.8 Å². The van der Waals surface area contributed by atoms with Gasteiger partial charge in [-0.3, -0.25) is 4.79 Å². The van der Waals surface area contributed by atoms with Crippen LogP contribution in [0.4, 0.5) is 0 Å². The highest BCUT2D eigenvalue weighted by atomic mass is 32.2. The van der Waals surface area contributed by atoms with Gasteiger partial charge in [0.05, 0.1) is 0 Å². The molecule has 2 nitrogen and oxygen atoms in total. The number of carbonyl (C=O) groups excluding carboxylic acids is 1. The Morgan fingerprint density at radius 1 is 1.54 bits per heavy atom. The summed E-state index contributed by atoms with van der Waals surface area (Å²) >= 11 is 2.05. The number of rotatable bonds is 4. The van der Waals surface area contributed by atoms with Crippen molar-refractivity contribution < 1.29 is 4.79 Å². The number of carbonyl (C=O) groups is 1. The van der Waals surface area contributed by atoms with E-state index in [9.17, 15) is 4.79 Å². The van der Waals surface area contributed by atoms with Crippen molar-refractivity contribution in [1.82, 2.24) is 5.32 Å². The molecule has 1 atom stereocenters. The lowest BCUT2D eigenvalue weighted by Crippen LogP contribution is -2.21. The molecule has 0 aromatic carbocycles. The monoisotopic (exact) mass is 201 g/mol. The number of hydrogen-bond acceptors (Lipinski definition) is 2. The minimum Gasteiger partial charge on any atom is -0.356 e. The van der Waals surface area contributed by atoms with Gasteiger partial charge >= 0.3 is 0 Å². The van der Waals surface area contributed by atoms with Crippen molar-refractivity contribution in [2.24, 2.45) is 0 Å². The molecule has 0 aromatic rings. The molecule has 1 amide bonds. The molecule has 1 unspecified atom stereocenters. The molecule has 1 saturated heterocycles. The maximum Gasteiger partial charge on any atom is 0.220 e. The molecule has 1 aliphatic rings. The molecule has 0 aliphatic carbocycles. The quantitative estimate of drug-likeness (QED) is 0.706. The summed E-state index contributed by atoms with van der Waals surface area (Å²) in [6, 6.07) is 0. The van der Waals surface area contributed by atoms with Crippen LogP contribution in [0.3, 0.4) is 0 Å². The Hall–Kier alpha value is -0.180. The number of amides is 1. The van der Waals surface area contributed by atoms with Gasteiger partial charge in [0.2, 0.25) is 5.91 Å². The summed E-state index contributed by atoms with van der Waals surface area (Å²) in [6.07, 6.45) is 5.53. The Balaban J connectivity index is 2.14. The van der Waals surface area contributed by atoms with Crippen molar-refractivity contribution in [3.63, 3.8) is 0 Å². The van der Waals surface area contributed by atoms with E-state index in [0.717, 1.165) is 25.8 Å². The number of thioether (sulfide) groups is 1. The first-order valence-corrected chi connectivity index (χ1v) is 6.26. The van der Waals surface area contributed by atoms with Crippen molar-refractivity contribution in [1.29, 1.82) is 0 Å². The minimum absolute atomic E-state index is 0.235. The molecular weight excluding hydrogens is 182 g/mol. The van der Waals surface area contributed by atoms with Crippen LogP contribution in [0.1, 0.15) is 39.0 Å². The minimum atomic E-state index is 0.235. The standard InChI is InChI=1S/C10H19NOS/c1-2-3-8-13-9-4-5-10(12)11-7-6-9/h9H,2-8H2,1H3,(H,11,12). The van der Waals surface area contributed by atoms with Gasteiger partial charge in [-0.25, -0.2) is 0 Å². The molecule has 1 fully saturated rings. The number of unbranched alkanes of at least 4 members (excludes halogenated alkanes) is 1. The zero-order valence-corrected chi connectivity index (χ0v) is 9.16. The molecule has 76 valence electrons. The molecule has 0 bridgehead atoms. The van der Waals surface area contributed by atoms with E-state index >= 15 is 0 Å². The number of nitrogens with one attached hydrogen (secondary N) is 1. The summed E-state index contributed by atoms with van der Waals surface area (Å²) in [5, 5.41) is 3.63. The first-order chi connectivity index (χ1) is 6.33. The highest BCUT2D eigenvalue weighted by molar-refractivity contribution is 7.99. The van der Waals surface area contributed by atoms with E-state index in [1.54, 1.807) is 0 Å². The van der Waals surface area contributed by atoms with E-state index in [4.69, 9.17) is 0 Å². The van der Waals surface area contributed by atoms with Crippen molar-refractivity contribution in [3.05, 3.63) is 0 Å². The van der Waals surface area contributed by atoms with E-state index in [-0.39, 0.29) is 5.91 Å². The highest BCUT2D eigenvalue weighted by Crippen LogP contribution is 2.22. The fourth-order valence-electron chi connectivity index (χ4n) is 1.46. The lowest BCUT2D eigenvalue weighted by molar-refractivity contribution is -0.120. The predicted molar refractivity (Wildman–Crippen MR) is 58.0 cm³/mol. The summed E-state index contributed by atoms with van der Waals surface area (Å²) in [7, 11) is 0. The summed E-state index contributed by atoms with van der Waals surface area (Å²) in [5.74, 6) is 1.49. The van der Waals surface area contributed by atoms with Crippen molar-refractivity contribution in [2.75, 3.05) is 12.3 Å². The molecule has 1 heterocycles. The third-order valence-corrected chi connectivity index (χ3v) is 3.80. The second-order valence-corrected chi connectivity index (χ2v) is 4.93. The zero-order chi connectivity index (χ0) is 9.52. The van der Waals surface area contributed by atoms with Gasteiger partial charge in [0.15, 0.2) is 0 Å². The van der Waals surface area contributed by atoms with Crippen LogP contribution in [0.5, 0.6) is 0 Å². The van der Waals surface area contributed by atoms with Crippen LogP contribution < -0.4 is 5.32 Å². The lowest BCUT2D eigenvalue weighted by Gasteiger charge is -2.11. The Kier molecular flexibility index (Phi) is 5.28. The largest absolute Gasteiger partial charge is 0.356 e. The molecule has 13 heavy (non-hydrogen) atoms. The van der Waals surface area contributed by atoms with Crippen LogP contribution in [0.2, 0.25) is 0 Å². The van der Waals surface area contributed by atoms with Crippen LogP contribution >= 0.6 is 11.8 Å². The third-order valence-electron chi connectivity index (χ3n) is 2.33. The summed E-state index contributed by atoms with van der Waals surface area (Å²) in [5.41, 5.74) is 0. The Bertz CT molecular complexity index is 161. The molecule has 3 heteroatoms. The summed E-state index contributed by atoms with van der Waals surface area (Å²) < 4.78 is 0. The van der Waals surface area contributed by atoms with Gasteiger partial charge in [0.1, 0.15) is 0 Å². The molecule has 0 spiro atoms. The first-order valence-electron chi connectivity index (χ1n) is 5.21. The predicted octanol–water partition coefficient (Wildman–Crippen LogP) is 2.19. The van der Waals surface area contributed by atoms with Gasteiger partial charge in [-0.2, -0.15) is 11.8 Å². The maximum atomic E-state index is 11.0. The molecular formula is C10H19NOS. The average molecular weight is 201 g/mol. The molecule has 0 saturated carbocycles. The van der Waals surface area contributed by atoms with Crippen LogP contribution in [0, 0.1) is 0 Å². The van der Waals surface area contributed by atoms with Crippen LogP contribution in [-0.2, 0) is 4.79 Å².